The van der Waals surface area contributed by atoms with Crippen molar-refractivity contribution < 1.29 is 142 Å². The van der Waals surface area contributed by atoms with Gasteiger partial charge in [0.05, 0.1) is 20.1 Å². The number of carbonyl (C=O) groups excluding carboxylic acids is 1. The number of carboxylic acid groups (broad SMARTS) is 1. The number of carboxylic acids is 1. The third kappa shape index (κ3) is 6.98. The number of alkyl halides is 27. The van der Waals surface area contributed by atoms with Crippen molar-refractivity contribution in [1.82, 2.24) is 0 Å². The number of hydrogen-bond donors (Lipinski definition) is 1. The number of allylic oxidation sites excluding steroid dienone is 1. The van der Waals surface area contributed by atoms with Gasteiger partial charge >= 0.3 is 77.2 Å². The van der Waals surface area contributed by atoms with Crippen molar-refractivity contribution in [3.8, 4) is 0 Å². The number of likely N-dealkylation sites (N-methyl/N-ethyl adjacent to an activating group) is 1. The third-order valence-electron chi connectivity index (χ3n) is 6.57. The average Bonchev–Trinajstić information content (AvgIpc) is 2.89. The molecule has 32 heteroatoms. The maximum atomic E-state index is 14.0. The molecule has 0 heterocycles. The van der Waals surface area contributed by atoms with Gasteiger partial charge in [0.15, 0.2) is 5.83 Å². The molecule has 4 nitrogen and oxygen atoms in total. The molecule has 0 amide bonds. The Morgan fingerprint density at radius 2 is 0.736 bits per heavy atom. The van der Waals surface area contributed by atoms with Gasteiger partial charge in [-0.25, -0.2) is 4.39 Å². The normalized spacial score (nSPS) is 17.3. The van der Waals surface area contributed by atoms with Crippen molar-refractivity contribution in [2.24, 2.45) is 0 Å². The van der Waals surface area contributed by atoms with E-state index < -0.39 is 119 Å². The van der Waals surface area contributed by atoms with Crippen LogP contribution in [0.1, 0.15) is 0 Å². The number of aliphatic carboxylic acids is 1. The number of hydrogen-bond acceptors (Lipinski definition) is 3. The second kappa shape index (κ2) is 13.1. The van der Waals surface area contributed by atoms with Gasteiger partial charge in [0.2, 0.25) is 0 Å². The molecule has 0 aliphatic rings. The summed E-state index contributed by atoms with van der Waals surface area (Å²) in [4.78, 5) is 10.5. The number of nitrogens with zero attached hydrogens (tertiary/aromatic N) is 1. The number of quaternary nitrogens is 1. The highest BCUT2D eigenvalue weighted by Gasteiger charge is 3.00. The van der Waals surface area contributed by atoms with Gasteiger partial charge in [-0.1, -0.05) is 0 Å². The summed E-state index contributed by atoms with van der Waals surface area (Å²) < 4.78 is 378. The maximum absolute atomic E-state index is 14.0. The number of carbonyl (C=O) groups is 1. The lowest BCUT2D eigenvalue weighted by molar-refractivity contribution is -0.887. The molecule has 0 fully saturated rings. The van der Waals surface area contributed by atoms with Crippen LogP contribution in [-0.2, 0) is 4.79 Å². The monoisotopic (exact) mass is 859 g/mol. The molecule has 0 saturated heterocycles. The lowest BCUT2D eigenvalue weighted by Gasteiger charge is -2.46. The van der Waals surface area contributed by atoms with E-state index in [4.69, 9.17) is 0 Å². The van der Waals surface area contributed by atoms with Gasteiger partial charge in [0.1, 0.15) is 19.2 Å². The molecule has 0 bridgehead atoms. The lowest BCUT2D eigenvalue weighted by atomic mass is 9.84. The van der Waals surface area contributed by atoms with E-state index in [2.05, 4.69) is 0 Å². The van der Waals surface area contributed by atoms with E-state index in [0.717, 1.165) is 0 Å². The lowest BCUT2D eigenvalue weighted by Crippen LogP contribution is -2.78. The molecule has 0 aromatic rings. The number of rotatable bonds is 17. The number of aliphatic hydroxyl groups excluding tert-OH is 1. The van der Waals surface area contributed by atoms with Crippen molar-refractivity contribution in [2.75, 3.05) is 27.2 Å². The van der Waals surface area contributed by atoms with Crippen LogP contribution in [0.3, 0.4) is 0 Å². The predicted octanol–water partition coefficient (Wildman–Crippen LogP) is 7.21. The largest absolute Gasteiger partial charge is 0.544 e. The molecule has 0 aromatic carbocycles. The molecular formula is C21H13F28NO3. The fraction of sp³-hybridized carbons (Fsp3) is 0.857. The van der Waals surface area contributed by atoms with Crippen molar-refractivity contribution in [1.29, 1.82) is 0 Å². The fourth-order valence-corrected chi connectivity index (χ4v) is 3.55. The summed E-state index contributed by atoms with van der Waals surface area (Å²) >= 11 is 0. The molecule has 0 aromatic heterocycles. The van der Waals surface area contributed by atoms with E-state index in [-0.39, 0.29) is 0 Å². The smallest absolute Gasteiger partial charge is 0.460 e. The molecular weight excluding hydrogens is 846 g/mol. The first-order valence-electron chi connectivity index (χ1n) is 12.1. The van der Waals surface area contributed by atoms with Crippen LogP contribution in [0.25, 0.3) is 0 Å². The van der Waals surface area contributed by atoms with Crippen LogP contribution < -0.4 is 5.11 Å². The van der Waals surface area contributed by atoms with Gasteiger partial charge in [-0.3, -0.25) is 0 Å². The van der Waals surface area contributed by atoms with Crippen molar-refractivity contribution in [3.05, 3.63) is 11.9 Å². The Morgan fingerprint density at radius 1 is 0.509 bits per heavy atom. The van der Waals surface area contributed by atoms with Crippen molar-refractivity contribution in [2.45, 2.75) is 83.4 Å². The Balaban J connectivity index is 7.39. The van der Waals surface area contributed by atoms with Gasteiger partial charge in [-0.05, 0) is 6.08 Å². The summed E-state index contributed by atoms with van der Waals surface area (Å²) in [6.07, 6.45) is -12.8. The molecule has 0 aliphatic carbocycles. The van der Waals surface area contributed by atoms with Crippen LogP contribution in [0, 0.1) is 0 Å². The van der Waals surface area contributed by atoms with E-state index in [1.165, 1.54) is 0 Å². The van der Waals surface area contributed by atoms with E-state index in [1.807, 2.05) is 0 Å². The zero-order valence-corrected chi connectivity index (χ0v) is 24.4. The first-order chi connectivity index (χ1) is 22.4. The van der Waals surface area contributed by atoms with Gasteiger partial charge in [-0.15, -0.1) is 0 Å². The van der Waals surface area contributed by atoms with Crippen LogP contribution >= 0.6 is 0 Å². The maximum Gasteiger partial charge on any atom is 0.460 e. The number of aliphatic hydroxyl groups is 1. The summed E-state index contributed by atoms with van der Waals surface area (Å²) in [5.74, 6) is -119. The molecule has 1 unspecified atom stereocenters. The molecule has 53 heavy (non-hydrogen) atoms. The molecule has 0 spiro atoms. The SMILES string of the molecule is C[N+](C)(CC(=O)[O-])CC(O)C=C(F)C(F)(F)C(F)(F)C(F)(F)C(F)(F)C(F)(F)C(F)(F)C(F)(F)C(F)(F)C(F)(F)C(F)(F)C(F)(F)C(F)(F)C(F)(F)F. The fourth-order valence-electron chi connectivity index (χ4n) is 3.55. The Kier molecular flexibility index (Phi) is 12.4. The topological polar surface area (TPSA) is 60.4 Å². The standard InChI is InChI=1S/C21H13F28NO3/c1-50(2,5-8(52)53)4-6(51)3-7(22)9(23,24)10(25,26)11(27,28)12(29,30)13(31,32)14(33,34)15(35,36)16(37,38)17(39,40)18(41,42)19(43,44)20(45,46)21(47,48)49/h3,6,51H,4-5H2,1-2H3. The van der Waals surface area contributed by atoms with Gasteiger partial charge < -0.3 is 19.5 Å². The zero-order valence-electron chi connectivity index (χ0n) is 24.4. The molecule has 1 atom stereocenters. The minimum absolute atomic E-state index is 0.675. The first-order valence-corrected chi connectivity index (χ1v) is 12.1. The minimum atomic E-state index is -9.93. The van der Waals surface area contributed by atoms with Crippen LogP contribution in [0.4, 0.5) is 123 Å². The minimum Gasteiger partial charge on any atom is -0.544 e. The summed E-state index contributed by atoms with van der Waals surface area (Å²) in [6, 6.07) is 0. The zero-order chi connectivity index (χ0) is 43.9. The Hall–Kier alpha value is -2.83. The summed E-state index contributed by atoms with van der Waals surface area (Å²) in [5.41, 5.74) is 0. The van der Waals surface area contributed by atoms with Gasteiger partial charge in [0, 0.05) is 0 Å². The van der Waals surface area contributed by atoms with E-state index in [1.54, 1.807) is 0 Å². The first kappa shape index (κ1) is 50.2. The Labute approximate surface area is 272 Å². The van der Waals surface area contributed by atoms with Crippen molar-refractivity contribution in [3.63, 3.8) is 0 Å². The number of halogens is 28. The Bertz CT molecular complexity index is 1380. The summed E-state index contributed by atoms with van der Waals surface area (Å²) in [7, 11) is 1.35. The van der Waals surface area contributed by atoms with Crippen LogP contribution in [0.5, 0.6) is 0 Å². The van der Waals surface area contributed by atoms with Crippen LogP contribution in [0.2, 0.25) is 0 Å². The second-order valence-electron chi connectivity index (χ2n) is 11.1. The van der Waals surface area contributed by atoms with Gasteiger partial charge in [0.25, 0.3) is 0 Å². The highest BCUT2D eigenvalue weighted by Crippen LogP contribution is 2.68. The molecule has 0 radical (unpaired) electrons. The van der Waals surface area contributed by atoms with E-state index in [0.29, 0.717) is 14.1 Å². The average molecular weight is 859 g/mol. The Morgan fingerprint density at radius 3 is 0.962 bits per heavy atom. The summed E-state index contributed by atoms with van der Waals surface area (Å²) in [5, 5.41) is 20.0. The van der Waals surface area contributed by atoms with E-state index in [9.17, 15) is 138 Å². The molecule has 316 valence electrons. The summed E-state index contributed by atoms with van der Waals surface area (Å²) in [6.45, 7) is -2.77. The van der Waals surface area contributed by atoms with Crippen LogP contribution in [0.15, 0.2) is 11.9 Å². The van der Waals surface area contributed by atoms with E-state index >= 15 is 0 Å². The highest BCUT2D eigenvalue weighted by molar-refractivity contribution is 5.65. The third-order valence-corrected chi connectivity index (χ3v) is 6.57. The molecule has 0 rings (SSSR count). The quantitative estimate of drug-likeness (QED) is 0.124. The second-order valence-corrected chi connectivity index (χ2v) is 11.1. The molecule has 1 N–H and O–H groups in total. The molecule has 0 saturated carbocycles. The van der Waals surface area contributed by atoms with Crippen molar-refractivity contribution >= 4 is 5.97 Å². The molecule has 0 aliphatic heterocycles. The van der Waals surface area contributed by atoms with Gasteiger partial charge in [-0.2, -0.15) is 119 Å². The van der Waals surface area contributed by atoms with Crippen LogP contribution in [-0.4, -0.2) is 126 Å². The predicted molar refractivity (Wildman–Crippen MR) is 107 cm³/mol. The highest BCUT2D eigenvalue weighted by atomic mass is 19.4.